The van der Waals surface area contributed by atoms with Crippen LogP contribution in [0.15, 0.2) is 24.3 Å². The number of likely N-dealkylation sites (tertiary alicyclic amines) is 1. The number of carbonyl (C=O) groups excluding carboxylic acids is 1. The van der Waals surface area contributed by atoms with Crippen LogP contribution in [0.2, 0.25) is 0 Å². The first-order valence-electron chi connectivity index (χ1n) is 8.77. The summed E-state index contributed by atoms with van der Waals surface area (Å²) in [6.45, 7) is 1.38. The Bertz CT molecular complexity index is 528. The van der Waals surface area contributed by atoms with Crippen LogP contribution in [0.25, 0.3) is 0 Å². The Morgan fingerprint density at radius 3 is 2.61 bits per heavy atom. The number of nitrogens with zero attached hydrogens (tertiary/aromatic N) is 1. The highest BCUT2D eigenvalue weighted by Crippen LogP contribution is 2.35. The second-order valence-electron chi connectivity index (χ2n) is 6.85. The lowest BCUT2D eigenvalue weighted by atomic mass is 9.80. The summed E-state index contributed by atoms with van der Waals surface area (Å²) in [5.41, 5.74) is 1.81. The normalized spacial score (nSPS) is 28.1. The molecule has 126 valence electrons. The Morgan fingerprint density at radius 1 is 1.17 bits per heavy atom. The molecule has 1 aromatic rings. The molecule has 1 amide bonds. The summed E-state index contributed by atoms with van der Waals surface area (Å²) in [6.07, 6.45) is 6.03. The van der Waals surface area contributed by atoms with Crippen LogP contribution in [0.3, 0.4) is 0 Å². The molecule has 1 aliphatic carbocycles. The van der Waals surface area contributed by atoms with Crippen LogP contribution in [-0.2, 0) is 11.3 Å². The summed E-state index contributed by atoms with van der Waals surface area (Å²) < 4.78 is 5.11. The zero-order valence-corrected chi connectivity index (χ0v) is 13.9. The Balaban J connectivity index is 1.72. The molecule has 3 atom stereocenters. The van der Waals surface area contributed by atoms with Gasteiger partial charge in [0.05, 0.1) is 12.7 Å². The van der Waals surface area contributed by atoms with Crippen molar-refractivity contribution in [2.45, 2.75) is 57.3 Å². The van der Waals surface area contributed by atoms with Crippen LogP contribution in [0.5, 0.6) is 0 Å². The number of hydrogen-bond acceptors (Lipinski definition) is 3. The van der Waals surface area contributed by atoms with Crippen molar-refractivity contribution in [1.29, 1.82) is 0 Å². The van der Waals surface area contributed by atoms with Crippen molar-refractivity contribution < 1.29 is 14.6 Å². The van der Waals surface area contributed by atoms with E-state index >= 15 is 0 Å². The molecule has 0 radical (unpaired) electrons. The first kappa shape index (κ1) is 16.5. The molecule has 0 spiro atoms. The average Bonchev–Trinajstić information content (AvgIpc) is 3.05. The standard InChI is InChI=1S/C19H27NO3/c1-23-13-14-8-10-15(11-9-14)19(22)20-12-4-6-17(20)16-5-2-3-7-18(16)21/h8-11,16-18,21H,2-7,12-13H2,1H3/t16-,17-,18-/m1/s1. The molecule has 4 nitrogen and oxygen atoms in total. The third kappa shape index (κ3) is 3.59. The minimum Gasteiger partial charge on any atom is -0.393 e. The molecule has 2 fully saturated rings. The lowest BCUT2D eigenvalue weighted by Gasteiger charge is -2.37. The predicted octanol–water partition coefficient (Wildman–Crippen LogP) is 2.99. The number of methoxy groups -OCH3 is 1. The molecule has 1 aliphatic heterocycles. The van der Waals surface area contributed by atoms with Crippen molar-refractivity contribution in [2.24, 2.45) is 5.92 Å². The molecule has 3 rings (SSSR count). The van der Waals surface area contributed by atoms with Gasteiger partial charge in [-0.2, -0.15) is 0 Å². The molecule has 1 aromatic carbocycles. The van der Waals surface area contributed by atoms with Crippen LogP contribution in [0, 0.1) is 5.92 Å². The summed E-state index contributed by atoms with van der Waals surface area (Å²) in [5.74, 6) is 0.359. The van der Waals surface area contributed by atoms with Gasteiger partial charge in [0.25, 0.3) is 5.91 Å². The van der Waals surface area contributed by atoms with E-state index in [-0.39, 0.29) is 24.0 Å². The molecule has 1 N–H and O–H groups in total. The smallest absolute Gasteiger partial charge is 0.254 e. The number of carbonyl (C=O) groups is 1. The molecule has 2 aliphatic rings. The van der Waals surface area contributed by atoms with Crippen molar-refractivity contribution in [3.8, 4) is 0 Å². The van der Waals surface area contributed by atoms with E-state index in [9.17, 15) is 9.90 Å². The van der Waals surface area contributed by atoms with E-state index in [4.69, 9.17) is 4.74 Å². The molecule has 1 saturated heterocycles. The third-order valence-corrected chi connectivity index (χ3v) is 5.35. The van der Waals surface area contributed by atoms with Gasteiger partial charge in [-0.25, -0.2) is 0 Å². The maximum atomic E-state index is 12.9. The van der Waals surface area contributed by atoms with E-state index in [2.05, 4.69) is 0 Å². The molecular formula is C19H27NO3. The fraction of sp³-hybridized carbons (Fsp3) is 0.632. The quantitative estimate of drug-likeness (QED) is 0.929. The van der Waals surface area contributed by atoms with Crippen molar-refractivity contribution >= 4 is 5.91 Å². The van der Waals surface area contributed by atoms with Gasteiger partial charge in [-0.15, -0.1) is 0 Å². The molecular weight excluding hydrogens is 290 g/mol. The topological polar surface area (TPSA) is 49.8 Å². The van der Waals surface area contributed by atoms with Gasteiger partial charge in [0.1, 0.15) is 0 Å². The Kier molecular flexibility index (Phi) is 5.34. The van der Waals surface area contributed by atoms with Crippen LogP contribution >= 0.6 is 0 Å². The summed E-state index contributed by atoms with van der Waals surface area (Å²) in [4.78, 5) is 14.9. The number of ether oxygens (including phenoxy) is 1. The van der Waals surface area contributed by atoms with Crippen LogP contribution in [0.4, 0.5) is 0 Å². The van der Waals surface area contributed by atoms with Gasteiger partial charge < -0.3 is 14.7 Å². The molecule has 1 saturated carbocycles. The van der Waals surface area contributed by atoms with Gasteiger partial charge >= 0.3 is 0 Å². The van der Waals surface area contributed by atoms with Crippen LogP contribution in [0.1, 0.15) is 54.4 Å². The molecule has 0 unspecified atom stereocenters. The molecule has 0 bridgehead atoms. The Hall–Kier alpha value is -1.39. The number of hydrogen-bond donors (Lipinski definition) is 1. The van der Waals surface area contributed by atoms with Gasteiger partial charge in [-0.3, -0.25) is 4.79 Å². The highest BCUT2D eigenvalue weighted by Gasteiger charge is 2.39. The SMILES string of the molecule is COCc1ccc(C(=O)N2CCC[C@@H]2[C@H]2CCCC[C@H]2O)cc1. The number of amides is 1. The largest absolute Gasteiger partial charge is 0.393 e. The number of benzene rings is 1. The van der Waals surface area contributed by atoms with Gasteiger partial charge in [-0.1, -0.05) is 25.0 Å². The van der Waals surface area contributed by atoms with E-state index in [1.54, 1.807) is 7.11 Å². The fourth-order valence-electron chi connectivity index (χ4n) is 4.15. The minimum absolute atomic E-state index is 0.106. The van der Waals surface area contributed by atoms with E-state index in [1.807, 2.05) is 29.2 Å². The van der Waals surface area contributed by atoms with Gasteiger partial charge in [-0.05, 0) is 43.4 Å². The number of rotatable bonds is 4. The summed E-state index contributed by atoms with van der Waals surface area (Å²) in [5, 5.41) is 10.3. The van der Waals surface area contributed by atoms with E-state index in [1.165, 1.54) is 6.42 Å². The molecule has 0 aromatic heterocycles. The number of aliphatic hydroxyl groups excluding tert-OH is 1. The fourth-order valence-corrected chi connectivity index (χ4v) is 4.15. The predicted molar refractivity (Wildman–Crippen MR) is 89.2 cm³/mol. The van der Waals surface area contributed by atoms with Crippen LogP contribution < -0.4 is 0 Å². The second kappa shape index (κ2) is 7.45. The lowest BCUT2D eigenvalue weighted by molar-refractivity contribution is 0.0211. The Labute approximate surface area is 138 Å². The second-order valence-corrected chi connectivity index (χ2v) is 6.85. The maximum absolute atomic E-state index is 12.9. The van der Waals surface area contributed by atoms with Crippen molar-refractivity contribution in [2.75, 3.05) is 13.7 Å². The van der Waals surface area contributed by atoms with Crippen molar-refractivity contribution in [3.05, 3.63) is 35.4 Å². The first-order chi connectivity index (χ1) is 11.2. The molecule has 1 heterocycles. The Morgan fingerprint density at radius 2 is 1.91 bits per heavy atom. The third-order valence-electron chi connectivity index (χ3n) is 5.35. The van der Waals surface area contributed by atoms with Gasteiger partial charge in [0.15, 0.2) is 0 Å². The highest BCUT2D eigenvalue weighted by atomic mass is 16.5. The van der Waals surface area contributed by atoms with Gasteiger partial charge in [0, 0.05) is 31.2 Å². The zero-order valence-electron chi connectivity index (χ0n) is 13.9. The number of aliphatic hydroxyl groups is 1. The zero-order chi connectivity index (χ0) is 16.2. The summed E-state index contributed by atoms with van der Waals surface area (Å²) in [7, 11) is 1.67. The summed E-state index contributed by atoms with van der Waals surface area (Å²) >= 11 is 0. The highest BCUT2D eigenvalue weighted by molar-refractivity contribution is 5.94. The van der Waals surface area contributed by atoms with Crippen LogP contribution in [-0.4, -0.2) is 41.7 Å². The summed E-state index contributed by atoms with van der Waals surface area (Å²) in [6, 6.07) is 7.90. The monoisotopic (exact) mass is 317 g/mol. The van der Waals surface area contributed by atoms with Crippen molar-refractivity contribution in [3.63, 3.8) is 0 Å². The molecule has 4 heteroatoms. The van der Waals surface area contributed by atoms with E-state index < -0.39 is 0 Å². The molecule has 23 heavy (non-hydrogen) atoms. The van der Waals surface area contributed by atoms with E-state index in [0.29, 0.717) is 6.61 Å². The lowest BCUT2D eigenvalue weighted by Crippen LogP contribution is -2.45. The maximum Gasteiger partial charge on any atom is 0.254 e. The minimum atomic E-state index is -0.244. The average molecular weight is 317 g/mol. The first-order valence-corrected chi connectivity index (χ1v) is 8.77. The van der Waals surface area contributed by atoms with E-state index in [0.717, 1.165) is 49.8 Å². The van der Waals surface area contributed by atoms with Crippen molar-refractivity contribution in [1.82, 2.24) is 4.90 Å². The van der Waals surface area contributed by atoms with Gasteiger partial charge in [0.2, 0.25) is 0 Å².